The third-order valence-corrected chi connectivity index (χ3v) is 7.41. The maximum absolute atomic E-state index is 13.8. The molecule has 5 nitrogen and oxygen atoms in total. The maximum atomic E-state index is 13.8. The number of aromatic nitrogens is 1. The van der Waals surface area contributed by atoms with Crippen LogP contribution in [0, 0.1) is 6.92 Å². The second kappa shape index (κ2) is 7.87. The van der Waals surface area contributed by atoms with Gasteiger partial charge in [-0.1, -0.05) is 66.7 Å². The van der Waals surface area contributed by atoms with Gasteiger partial charge in [0.05, 0.1) is 11.1 Å². The van der Waals surface area contributed by atoms with Crippen molar-refractivity contribution >= 4 is 22.8 Å². The minimum Gasteiger partial charge on any atom is -0.450 e. The van der Waals surface area contributed by atoms with Gasteiger partial charge in [0.15, 0.2) is 0 Å². The number of ether oxygens (including phenoxy) is 1. The highest BCUT2D eigenvalue weighted by Crippen LogP contribution is 2.44. The fraction of sp³-hybridized carbons (Fsp3) is 0.241. The molecule has 4 aromatic rings. The van der Waals surface area contributed by atoms with E-state index in [-0.39, 0.29) is 11.9 Å². The Morgan fingerprint density at radius 2 is 1.59 bits per heavy atom. The molecule has 1 aromatic heterocycles. The molecule has 1 fully saturated rings. The Balaban J connectivity index is 1.30. The van der Waals surface area contributed by atoms with Crippen molar-refractivity contribution in [3.05, 3.63) is 107 Å². The van der Waals surface area contributed by atoms with Crippen LogP contribution >= 0.6 is 0 Å². The molecular formula is C29H26N2O3. The van der Waals surface area contributed by atoms with Gasteiger partial charge in [0.1, 0.15) is 5.60 Å². The molecular weight excluding hydrogens is 424 g/mol. The molecule has 0 atom stereocenters. The second-order valence-corrected chi connectivity index (χ2v) is 9.27. The van der Waals surface area contributed by atoms with Crippen LogP contribution in [0.4, 0.5) is 0 Å². The van der Waals surface area contributed by atoms with E-state index in [1.165, 1.54) is 5.56 Å². The minimum atomic E-state index is -0.610. The molecule has 1 amide bonds. The maximum Gasteiger partial charge on any atom is 0.339 e. The van der Waals surface area contributed by atoms with Gasteiger partial charge in [-0.05, 0) is 24.6 Å². The molecule has 0 unspecified atom stereocenters. The number of nitrogens with zero attached hydrogens (tertiary/aromatic N) is 2. The lowest BCUT2D eigenvalue weighted by Gasteiger charge is -2.38. The van der Waals surface area contributed by atoms with Gasteiger partial charge < -0.3 is 14.2 Å². The van der Waals surface area contributed by atoms with Crippen molar-refractivity contribution in [2.45, 2.75) is 31.9 Å². The van der Waals surface area contributed by atoms with Gasteiger partial charge in [-0.25, -0.2) is 4.79 Å². The Morgan fingerprint density at radius 3 is 2.38 bits per heavy atom. The molecule has 0 N–H and O–H groups in total. The lowest BCUT2D eigenvalue weighted by molar-refractivity contribution is -0.0389. The van der Waals surface area contributed by atoms with Crippen molar-refractivity contribution in [1.29, 1.82) is 0 Å². The van der Waals surface area contributed by atoms with Gasteiger partial charge >= 0.3 is 5.97 Å². The van der Waals surface area contributed by atoms with E-state index in [2.05, 4.69) is 22.8 Å². The highest BCUT2D eigenvalue weighted by atomic mass is 16.6. The third kappa shape index (κ3) is 3.15. The number of hydrogen-bond acceptors (Lipinski definition) is 3. The molecule has 1 spiro atoms. The Labute approximate surface area is 198 Å². The second-order valence-electron chi connectivity index (χ2n) is 9.27. The summed E-state index contributed by atoms with van der Waals surface area (Å²) in [5.74, 6) is -0.205. The van der Waals surface area contributed by atoms with Crippen LogP contribution in [0.15, 0.2) is 78.9 Å². The van der Waals surface area contributed by atoms with Crippen molar-refractivity contribution in [3.63, 3.8) is 0 Å². The number of amides is 1. The van der Waals surface area contributed by atoms with Crippen LogP contribution in [-0.4, -0.2) is 34.4 Å². The molecule has 3 aromatic carbocycles. The van der Waals surface area contributed by atoms with E-state index in [0.717, 1.165) is 34.3 Å². The van der Waals surface area contributed by atoms with Gasteiger partial charge in [0, 0.05) is 54.6 Å². The van der Waals surface area contributed by atoms with E-state index < -0.39 is 5.60 Å². The summed E-state index contributed by atoms with van der Waals surface area (Å²) in [5.41, 5.74) is 5.02. The standard InChI is InChI=1S/C29H26N2O3/c1-20-26(23-12-6-8-14-25(23)31(20)19-21-9-3-2-4-10-21)27(32)30-17-15-29(16-18-30)24-13-7-5-11-22(24)28(33)34-29/h2-14H,15-19H2,1H3. The van der Waals surface area contributed by atoms with E-state index in [0.29, 0.717) is 31.5 Å². The number of esters is 1. The Kier molecular flexibility index (Phi) is 4.80. The molecule has 170 valence electrons. The van der Waals surface area contributed by atoms with E-state index in [1.54, 1.807) is 0 Å². The molecule has 6 rings (SSSR count). The molecule has 2 aliphatic heterocycles. The first kappa shape index (κ1) is 20.7. The smallest absolute Gasteiger partial charge is 0.339 e. The number of rotatable bonds is 3. The number of carbonyl (C=O) groups excluding carboxylic acids is 2. The van der Waals surface area contributed by atoms with Gasteiger partial charge in [-0.3, -0.25) is 4.79 Å². The van der Waals surface area contributed by atoms with E-state index in [4.69, 9.17) is 4.74 Å². The van der Waals surface area contributed by atoms with Gasteiger partial charge in [0.2, 0.25) is 0 Å². The molecule has 5 heteroatoms. The Hall–Kier alpha value is -3.86. The molecule has 1 saturated heterocycles. The van der Waals surface area contributed by atoms with Crippen LogP contribution in [0.3, 0.4) is 0 Å². The lowest BCUT2D eigenvalue weighted by Crippen LogP contribution is -2.45. The minimum absolute atomic E-state index is 0.0490. The van der Waals surface area contributed by atoms with Gasteiger partial charge in [0.25, 0.3) is 5.91 Å². The Bertz CT molecular complexity index is 1410. The predicted molar refractivity (Wildman–Crippen MR) is 131 cm³/mol. The van der Waals surface area contributed by atoms with Crippen LogP contribution in [0.25, 0.3) is 10.9 Å². The number of benzene rings is 3. The van der Waals surface area contributed by atoms with Crippen LogP contribution in [0.2, 0.25) is 0 Å². The van der Waals surface area contributed by atoms with E-state index in [1.807, 2.05) is 72.5 Å². The average molecular weight is 451 g/mol. The molecule has 0 aliphatic carbocycles. The molecule has 2 aliphatic rings. The number of para-hydroxylation sites is 1. The van der Waals surface area contributed by atoms with Crippen LogP contribution < -0.4 is 0 Å². The number of fused-ring (bicyclic) bond motifs is 3. The SMILES string of the molecule is Cc1c(C(=O)N2CCC3(CC2)OC(=O)c2ccccc23)c2ccccc2n1Cc1ccccc1. The summed E-state index contributed by atoms with van der Waals surface area (Å²) < 4.78 is 8.11. The number of hydrogen-bond donors (Lipinski definition) is 0. The normalized spacial score (nSPS) is 16.6. The summed E-state index contributed by atoms with van der Waals surface area (Å²) in [4.78, 5) is 28.2. The highest BCUT2D eigenvalue weighted by molar-refractivity contribution is 6.08. The molecule has 34 heavy (non-hydrogen) atoms. The van der Waals surface area contributed by atoms with E-state index in [9.17, 15) is 9.59 Å². The fourth-order valence-electron chi connectivity index (χ4n) is 5.62. The quantitative estimate of drug-likeness (QED) is 0.398. The topological polar surface area (TPSA) is 51.5 Å². The Morgan fingerprint density at radius 1 is 0.912 bits per heavy atom. The largest absolute Gasteiger partial charge is 0.450 e. The van der Waals surface area contributed by atoms with E-state index >= 15 is 0 Å². The highest BCUT2D eigenvalue weighted by Gasteiger charge is 2.47. The fourth-order valence-corrected chi connectivity index (χ4v) is 5.62. The first-order valence-electron chi connectivity index (χ1n) is 11.8. The summed E-state index contributed by atoms with van der Waals surface area (Å²) in [7, 11) is 0. The molecule has 0 saturated carbocycles. The average Bonchev–Trinajstić information content (AvgIpc) is 3.31. The first-order valence-corrected chi connectivity index (χ1v) is 11.8. The summed E-state index contributed by atoms with van der Waals surface area (Å²) >= 11 is 0. The predicted octanol–water partition coefficient (Wildman–Crippen LogP) is 5.30. The van der Waals surface area contributed by atoms with Crippen molar-refractivity contribution in [2.75, 3.05) is 13.1 Å². The first-order chi connectivity index (χ1) is 16.6. The molecule has 0 bridgehead atoms. The number of likely N-dealkylation sites (tertiary alicyclic amines) is 1. The third-order valence-electron chi connectivity index (χ3n) is 7.41. The summed E-state index contributed by atoms with van der Waals surface area (Å²) in [6.45, 7) is 3.86. The van der Waals surface area contributed by atoms with Crippen molar-refractivity contribution < 1.29 is 14.3 Å². The van der Waals surface area contributed by atoms with Crippen molar-refractivity contribution in [2.24, 2.45) is 0 Å². The summed E-state index contributed by atoms with van der Waals surface area (Å²) in [6.07, 6.45) is 1.23. The zero-order valence-corrected chi connectivity index (χ0v) is 19.2. The lowest BCUT2D eigenvalue weighted by atomic mass is 9.83. The van der Waals surface area contributed by atoms with Gasteiger partial charge in [-0.15, -0.1) is 0 Å². The number of carbonyl (C=O) groups is 2. The van der Waals surface area contributed by atoms with Crippen molar-refractivity contribution in [1.82, 2.24) is 9.47 Å². The number of piperidine rings is 1. The van der Waals surface area contributed by atoms with Crippen LogP contribution in [0.1, 0.15) is 50.4 Å². The summed E-state index contributed by atoms with van der Waals surface area (Å²) in [6, 6.07) is 26.1. The molecule has 3 heterocycles. The zero-order chi connectivity index (χ0) is 23.3. The molecule has 0 radical (unpaired) electrons. The van der Waals surface area contributed by atoms with Crippen LogP contribution in [-0.2, 0) is 16.9 Å². The summed E-state index contributed by atoms with van der Waals surface area (Å²) in [5, 5.41) is 0.985. The van der Waals surface area contributed by atoms with Crippen LogP contribution in [0.5, 0.6) is 0 Å². The van der Waals surface area contributed by atoms with Gasteiger partial charge in [-0.2, -0.15) is 0 Å². The zero-order valence-electron chi connectivity index (χ0n) is 19.2. The van der Waals surface area contributed by atoms with Crippen molar-refractivity contribution in [3.8, 4) is 0 Å². The monoisotopic (exact) mass is 450 g/mol.